The zero-order chi connectivity index (χ0) is 40.1. The SMILES string of the molecule is CC[C@@H]1/C=C/C=C(\C)Cc2cc(OC)c(Cl)c(c2)N(C)C(=O)C[C@H](OC(=O)CCCCCN2CCC(C(=O)O)CC2)[C@@]2(C)CC(C)(O2)[C@@H]2C[C@@]1(O)NC(=O)O2. The molecule has 1 aromatic carbocycles. The summed E-state index contributed by atoms with van der Waals surface area (Å²) in [6.07, 6.45) is 8.03. The van der Waals surface area contributed by atoms with Crippen LogP contribution in [-0.2, 0) is 35.0 Å². The third-order valence-electron chi connectivity index (χ3n) is 11.8. The molecule has 6 bridgehead atoms. The minimum absolute atomic E-state index is 0.0602. The van der Waals surface area contributed by atoms with Crippen LogP contribution in [0.25, 0.3) is 0 Å². The number of nitrogens with zero attached hydrogens (tertiary/aromatic N) is 2. The van der Waals surface area contributed by atoms with Crippen molar-refractivity contribution in [1.82, 2.24) is 10.2 Å². The van der Waals surface area contributed by atoms with Crippen molar-refractivity contribution in [3.63, 3.8) is 0 Å². The van der Waals surface area contributed by atoms with Gasteiger partial charge < -0.3 is 39.0 Å². The second kappa shape index (κ2) is 17.7. The number of allylic oxidation sites excluding steroid dienone is 3. The van der Waals surface area contributed by atoms with E-state index >= 15 is 0 Å². The number of halogens is 1. The number of carboxylic acids is 1. The van der Waals surface area contributed by atoms with Gasteiger partial charge in [0, 0.05) is 32.2 Å². The van der Waals surface area contributed by atoms with Gasteiger partial charge in [-0.25, -0.2) is 4.79 Å². The molecule has 5 heterocycles. The number of anilines is 1. The average molecular weight is 788 g/mol. The lowest BCUT2D eigenvalue weighted by Gasteiger charge is -2.59. The molecule has 0 aromatic heterocycles. The second-order valence-corrected chi connectivity index (χ2v) is 16.6. The molecule has 1 aromatic rings. The number of carbonyl (C=O) groups excluding carboxylic acids is 3. The number of hydrogen-bond acceptors (Lipinski definition) is 10. The number of rotatable bonds is 10. The third-order valence-corrected chi connectivity index (χ3v) is 12.2. The van der Waals surface area contributed by atoms with Gasteiger partial charge in [-0.2, -0.15) is 0 Å². The first-order valence-electron chi connectivity index (χ1n) is 19.5. The number of amides is 2. The summed E-state index contributed by atoms with van der Waals surface area (Å²) in [7, 11) is 3.14. The lowest BCUT2D eigenvalue weighted by molar-refractivity contribution is -0.327. The van der Waals surface area contributed by atoms with Crippen LogP contribution in [0.4, 0.5) is 10.5 Å². The van der Waals surface area contributed by atoms with Gasteiger partial charge in [0.05, 0.1) is 25.1 Å². The molecule has 2 amide bonds. The van der Waals surface area contributed by atoms with E-state index in [0.717, 1.165) is 43.6 Å². The van der Waals surface area contributed by atoms with Crippen LogP contribution < -0.4 is 15.0 Å². The fourth-order valence-corrected chi connectivity index (χ4v) is 8.90. The number of nitrogens with one attached hydrogen (secondary N) is 1. The highest BCUT2D eigenvalue weighted by Crippen LogP contribution is 2.51. The van der Waals surface area contributed by atoms with Gasteiger partial charge in [0.1, 0.15) is 39.9 Å². The van der Waals surface area contributed by atoms with Crippen LogP contribution in [0.3, 0.4) is 0 Å². The van der Waals surface area contributed by atoms with Crippen molar-refractivity contribution in [2.45, 2.75) is 127 Å². The minimum atomic E-state index is -1.61. The lowest BCUT2D eigenvalue weighted by atomic mass is 9.71. The summed E-state index contributed by atoms with van der Waals surface area (Å²) < 4.78 is 24.0. The Morgan fingerprint density at radius 3 is 2.47 bits per heavy atom. The van der Waals surface area contributed by atoms with Gasteiger partial charge in [0.15, 0.2) is 0 Å². The Hall–Kier alpha value is -3.65. The van der Waals surface area contributed by atoms with Crippen LogP contribution in [0.2, 0.25) is 5.02 Å². The predicted octanol–water partition coefficient (Wildman–Crippen LogP) is 6.18. The first-order chi connectivity index (χ1) is 26.0. The average Bonchev–Trinajstić information content (AvgIpc) is 3.12. The molecule has 1 unspecified atom stereocenters. The Labute approximate surface area is 329 Å². The zero-order valence-electron chi connectivity index (χ0n) is 33.0. The van der Waals surface area contributed by atoms with Crippen LogP contribution >= 0.6 is 11.6 Å². The molecular weight excluding hydrogens is 730 g/mol. The Morgan fingerprint density at radius 1 is 1.11 bits per heavy atom. The van der Waals surface area contributed by atoms with Crippen molar-refractivity contribution < 1.29 is 48.3 Å². The molecule has 55 heavy (non-hydrogen) atoms. The van der Waals surface area contributed by atoms with Crippen molar-refractivity contribution >= 4 is 41.2 Å². The maximum atomic E-state index is 14.1. The molecular formula is C41H58ClN3O10. The zero-order valence-corrected chi connectivity index (χ0v) is 33.8. The fourth-order valence-electron chi connectivity index (χ4n) is 8.59. The van der Waals surface area contributed by atoms with E-state index in [0.29, 0.717) is 43.5 Å². The van der Waals surface area contributed by atoms with Gasteiger partial charge in [-0.05, 0) is 96.6 Å². The first-order valence-corrected chi connectivity index (χ1v) is 19.9. The summed E-state index contributed by atoms with van der Waals surface area (Å²) in [5, 5.41) is 24.1. The van der Waals surface area contributed by atoms with Crippen LogP contribution in [0, 0.1) is 11.8 Å². The molecule has 0 radical (unpaired) electrons. The number of methoxy groups -OCH3 is 1. The Kier molecular flexibility index (Phi) is 13.6. The van der Waals surface area contributed by atoms with E-state index in [2.05, 4.69) is 10.2 Å². The molecule has 13 nitrogen and oxygen atoms in total. The lowest BCUT2D eigenvalue weighted by Crippen LogP contribution is -2.72. The second-order valence-electron chi connectivity index (χ2n) is 16.2. The summed E-state index contributed by atoms with van der Waals surface area (Å²) in [6, 6.07) is 3.68. The smallest absolute Gasteiger partial charge is 0.409 e. The molecule has 14 heteroatoms. The number of likely N-dealkylation sites (tertiary alicyclic amines) is 1. The molecule has 6 atom stereocenters. The van der Waals surface area contributed by atoms with E-state index in [1.54, 1.807) is 20.9 Å². The summed E-state index contributed by atoms with van der Waals surface area (Å²) in [5.41, 5.74) is -1.45. The highest BCUT2D eigenvalue weighted by Gasteiger charge is 2.63. The third kappa shape index (κ3) is 10.0. The summed E-state index contributed by atoms with van der Waals surface area (Å²) in [4.78, 5) is 55.4. The van der Waals surface area contributed by atoms with E-state index in [4.69, 9.17) is 30.5 Å². The standard InChI is InChI=1S/C41H58ClN3O10/c1-7-29-13-11-12-26(2)20-27-21-30(36(42)31(22-27)52-6)44(5)34(46)23-32(39(3)25-40(4,55-39)33-24-41(29,51)43-38(50)54-33)53-35(47)14-9-8-10-17-45-18-15-28(16-19-45)37(48)49/h11-13,21-22,28-29,32-33,51H,7-10,14-20,23-25H2,1-6H3,(H,43,50)(H,48,49)/b13-11+,26-12+/t29-,32+,33+,39-,40?,41+/m1/s1. The van der Waals surface area contributed by atoms with Gasteiger partial charge in [-0.3, -0.25) is 19.7 Å². The van der Waals surface area contributed by atoms with Crippen LogP contribution in [0.15, 0.2) is 35.9 Å². The molecule has 0 aliphatic carbocycles. The monoisotopic (exact) mass is 787 g/mol. The molecule has 304 valence electrons. The fraction of sp³-hybridized carbons (Fsp3) is 0.659. The number of unbranched alkanes of at least 4 members (excludes halogenated alkanes) is 2. The van der Waals surface area contributed by atoms with E-state index in [9.17, 15) is 29.4 Å². The highest BCUT2D eigenvalue weighted by molar-refractivity contribution is 6.35. The van der Waals surface area contributed by atoms with Crippen molar-refractivity contribution in [3.8, 4) is 5.75 Å². The maximum absolute atomic E-state index is 14.1. The van der Waals surface area contributed by atoms with E-state index < -0.39 is 53.1 Å². The van der Waals surface area contributed by atoms with Gasteiger partial charge in [0.25, 0.3) is 0 Å². The maximum Gasteiger partial charge on any atom is 0.409 e. The number of aliphatic hydroxyl groups is 1. The van der Waals surface area contributed by atoms with Gasteiger partial charge in [-0.15, -0.1) is 0 Å². The number of esters is 1. The normalized spacial score (nSPS) is 32.3. The molecule has 3 N–H and O–H groups in total. The first kappa shape index (κ1) is 42.5. The van der Waals surface area contributed by atoms with E-state index in [-0.39, 0.29) is 42.5 Å². The molecule has 6 rings (SSSR count). The van der Waals surface area contributed by atoms with Crippen molar-refractivity contribution in [2.75, 3.05) is 38.7 Å². The Bertz CT molecular complexity index is 1650. The molecule has 0 spiro atoms. The quantitative estimate of drug-likeness (QED) is 0.183. The van der Waals surface area contributed by atoms with Gasteiger partial charge in [-0.1, -0.05) is 48.7 Å². The largest absolute Gasteiger partial charge is 0.495 e. The molecule has 5 aliphatic rings. The minimum Gasteiger partial charge on any atom is -0.495 e. The summed E-state index contributed by atoms with van der Waals surface area (Å²) >= 11 is 6.78. The van der Waals surface area contributed by atoms with Crippen molar-refractivity contribution in [1.29, 1.82) is 0 Å². The van der Waals surface area contributed by atoms with Gasteiger partial charge >= 0.3 is 18.0 Å². The number of fused-ring (bicyclic) bond motifs is 6. The number of benzene rings is 1. The number of carbonyl (C=O) groups is 4. The molecule has 0 saturated carbocycles. The van der Waals surface area contributed by atoms with Crippen LogP contribution in [-0.4, -0.2) is 102 Å². The number of hydrogen-bond donors (Lipinski definition) is 3. The number of alkyl carbamates (subject to hydrolysis) is 1. The summed E-state index contributed by atoms with van der Waals surface area (Å²) in [5.74, 6) is -1.83. The van der Waals surface area contributed by atoms with E-state index in [1.807, 2.05) is 44.2 Å². The predicted molar refractivity (Wildman–Crippen MR) is 207 cm³/mol. The molecule has 3 saturated heterocycles. The number of ether oxygens (including phenoxy) is 4. The Balaban J connectivity index is 1.36. The van der Waals surface area contributed by atoms with Crippen molar-refractivity contribution in [3.05, 3.63) is 46.5 Å². The molecule has 3 fully saturated rings. The highest BCUT2D eigenvalue weighted by atomic mass is 35.5. The Morgan fingerprint density at radius 2 is 1.82 bits per heavy atom. The van der Waals surface area contributed by atoms with Crippen molar-refractivity contribution in [2.24, 2.45) is 11.8 Å². The van der Waals surface area contributed by atoms with Gasteiger partial charge in [0.2, 0.25) is 5.91 Å². The number of carboxylic acid groups (broad SMARTS) is 1. The molecule has 5 aliphatic heterocycles. The van der Waals surface area contributed by atoms with E-state index in [1.165, 1.54) is 12.0 Å². The number of aliphatic carboxylic acids is 1. The summed E-state index contributed by atoms with van der Waals surface area (Å²) in [6.45, 7) is 9.85. The number of piperidine rings is 1. The van der Waals surface area contributed by atoms with Crippen LogP contribution in [0.5, 0.6) is 5.75 Å². The van der Waals surface area contributed by atoms with Crippen LogP contribution in [0.1, 0.15) is 97.5 Å². The topological polar surface area (TPSA) is 164 Å².